The number of aromatic nitrogens is 2. The number of sulfonamides is 1. The van der Waals surface area contributed by atoms with Crippen LogP contribution in [0.2, 0.25) is 0 Å². The van der Waals surface area contributed by atoms with E-state index in [1.54, 1.807) is 6.07 Å². The minimum atomic E-state index is -3.86. The first-order chi connectivity index (χ1) is 14.8. The number of anilines is 3. The monoisotopic (exact) mass is 460 g/mol. The zero-order valence-corrected chi connectivity index (χ0v) is 17.6. The van der Waals surface area contributed by atoms with Crippen LogP contribution in [0.25, 0.3) is 0 Å². The number of hydrogen-bond acceptors (Lipinski definition) is 8. The normalized spacial score (nSPS) is 10.7. The summed E-state index contributed by atoms with van der Waals surface area (Å²) in [5, 5.41) is 16.8. The lowest BCUT2D eigenvalue weighted by atomic mass is 10.2. The first kappa shape index (κ1) is 21.9. The van der Waals surface area contributed by atoms with Gasteiger partial charge in [-0.05, 0) is 48.6 Å². The van der Waals surface area contributed by atoms with E-state index < -0.39 is 14.9 Å². The standard InChI is InChI=1S/C18H16N6O5S2/c1-29-16-8-5-13(24(25)26)11-15(16)22-18(30)21-12-3-6-14(7-4-12)31(27,28)23-17-19-9-2-10-20-17/h2-11H,1H3,(H,19,20,23)(H2,21,22,30). The van der Waals surface area contributed by atoms with Gasteiger partial charge in [0.2, 0.25) is 5.95 Å². The number of nitro benzene ring substituents is 1. The third-order valence-electron chi connectivity index (χ3n) is 3.86. The van der Waals surface area contributed by atoms with Crippen molar-refractivity contribution < 1.29 is 18.1 Å². The molecule has 1 aromatic heterocycles. The van der Waals surface area contributed by atoms with Crippen molar-refractivity contribution in [2.75, 3.05) is 22.5 Å². The number of rotatable bonds is 7. The molecule has 0 spiro atoms. The first-order valence-electron chi connectivity index (χ1n) is 8.59. The van der Waals surface area contributed by atoms with Gasteiger partial charge in [0.05, 0.1) is 22.6 Å². The average molecular weight is 460 g/mol. The van der Waals surface area contributed by atoms with Crippen LogP contribution in [0.15, 0.2) is 65.8 Å². The van der Waals surface area contributed by atoms with Crippen molar-refractivity contribution >= 4 is 50.4 Å². The molecule has 1 heterocycles. The van der Waals surface area contributed by atoms with Gasteiger partial charge in [-0.2, -0.15) is 0 Å². The summed E-state index contributed by atoms with van der Waals surface area (Å²) >= 11 is 5.23. The number of hydrogen-bond donors (Lipinski definition) is 3. The maximum Gasteiger partial charge on any atom is 0.271 e. The number of nitrogens with zero attached hydrogens (tertiary/aromatic N) is 3. The third-order valence-corrected chi connectivity index (χ3v) is 5.40. The Hall–Kier alpha value is -3.84. The van der Waals surface area contributed by atoms with Gasteiger partial charge in [0.25, 0.3) is 15.7 Å². The van der Waals surface area contributed by atoms with Crippen LogP contribution in [0, 0.1) is 10.1 Å². The Kier molecular flexibility index (Phi) is 6.57. The zero-order valence-electron chi connectivity index (χ0n) is 16.0. The van der Waals surface area contributed by atoms with Crippen LogP contribution in [0.1, 0.15) is 0 Å². The lowest BCUT2D eigenvalue weighted by Crippen LogP contribution is -2.20. The van der Waals surface area contributed by atoms with Crippen molar-refractivity contribution in [3.8, 4) is 5.75 Å². The van der Waals surface area contributed by atoms with Gasteiger partial charge < -0.3 is 15.4 Å². The second kappa shape index (κ2) is 9.32. The van der Waals surface area contributed by atoms with Crippen LogP contribution in [0.4, 0.5) is 23.0 Å². The number of nitrogens with one attached hydrogen (secondary N) is 3. The first-order valence-corrected chi connectivity index (χ1v) is 10.5. The van der Waals surface area contributed by atoms with Crippen molar-refractivity contribution in [1.29, 1.82) is 0 Å². The number of nitro groups is 1. The Morgan fingerprint density at radius 1 is 1.10 bits per heavy atom. The summed E-state index contributed by atoms with van der Waals surface area (Å²) in [6.07, 6.45) is 2.84. The van der Waals surface area contributed by atoms with E-state index in [0.29, 0.717) is 17.1 Å². The molecule has 0 fully saturated rings. The van der Waals surface area contributed by atoms with E-state index in [1.807, 2.05) is 0 Å². The fourth-order valence-electron chi connectivity index (χ4n) is 2.44. The molecule has 3 N–H and O–H groups in total. The van der Waals surface area contributed by atoms with Gasteiger partial charge in [-0.3, -0.25) is 10.1 Å². The Balaban J connectivity index is 1.69. The smallest absolute Gasteiger partial charge is 0.271 e. The Morgan fingerprint density at radius 2 is 1.77 bits per heavy atom. The van der Waals surface area contributed by atoms with Crippen molar-refractivity contribution in [3.05, 3.63) is 71.0 Å². The van der Waals surface area contributed by atoms with Gasteiger partial charge in [-0.25, -0.2) is 23.1 Å². The van der Waals surface area contributed by atoms with Crippen LogP contribution in [-0.4, -0.2) is 35.5 Å². The van der Waals surface area contributed by atoms with Crippen molar-refractivity contribution in [1.82, 2.24) is 9.97 Å². The quantitative estimate of drug-likeness (QED) is 0.273. The molecule has 0 saturated carbocycles. The highest BCUT2D eigenvalue weighted by molar-refractivity contribution is 7.92. The van der Waals surface area contributed by atoms with Gasteiger partial charge >= 0.3 is 0 Å². The van der Waals surface area contributed by atoms with Gasteiger partial charge in [0.15, 0.2) is 5.11 Å². The molecule has 0 amide bonds. The number of benzene rings is 2. The maximum atomic E-state index is 12.4. The SMILES string of the molecule is COc1ccc([N+](=O)[O-])cc1NC(=S)Nc1ccc(S(=O)(=O)Nc2ncccn2)cc1. The van der Waals surface area contributed by atoms with E-state index in [0.717, 1.165) is 0 Å². The van der Waals surface area contributed by atoms with Crippen molar-refractivity contribution in [2.24, 2.45) is 0 Å². The molecule has 0 radical (unpaired) electrons. The highest BCUT2D eigenvalue weighted by Crippen LogP contribution is 2.29. The Morgan fingerprint density at radius 3 is 2.39 bits per heavy atom. The van der Waals surface area contributed by atoms with E-state index >= 15 is 0 Å². The lowest BCUT2D eigenvalue weighted by molar-refractivity contribution is -0.384. The van der Waals surface area contributed by atoms with Crippen LogP contribution >= 0.6 is 12.2 Å². The predicted octanol–water partition coefficient (Wildman–Crippen LogP) is 3.00. The number of ether oxygens (including phenoxy) is 1. The molecule has 0 saturated heterocycles. The van der Waals surface area contributed by atoms with E-state index in [1.165, 1.54) is 62.0 Å². The molecule has 0 aliphatic heterocycles. The molecule has 3 aromatic rings. The Labute approximate surface area is 182 Å². The van der Waals surface area contributed by atoms with Crippen molar-refractivity contribution in [2.45, 2.75) is 4.90 Å². The van der Waals surface area contributed by atoms with E-state index in [4.69, 9.17) is 17.0 Å². The molecule has 13 heteroatoms. The summed E-state index contributed by atoms with van der Waals surface area (Å²) in [7, 11) is -2.43. The molecule has 0 atom stereocenters. The minimum absolute atomic E-state index is 0.00438. The van der Waals surface area contributed by atoms with Gasteiger partial charge in [-0.1, -0.05) is 0 Å². The number of methoxy groups -OCH3 is 1. The Bertz CT molecular complexity index is 1200. The van der Waals surface area contributed by atoms with Gasteiger partial charge in [0.1, 0.15) is 5.75 Å². The molecule has 0 unspecified atom stereocenters. The summed E-state index contributed by atoms with van der Waals surface area (Å²) < 4.78 is 32.3. The molecule has 0 bridgehead atoms. The molecular formula is C18H16N6O5S2. The highest BCUT2D eigenvalue weighted by atomic mass is 32.2. The summed E-state index contributed by atoms with van der Waals surface area (Å²) in [4.78, 5) is 18.1. The molecule has 3 rings (SSSR count). The van der Waals surface area contributed by atoms with Crippen LogP contribution in [0.3, 0.4) is 0 Å². The summed E-state index contributed by atoms with van der Waals surface area (Å²) in [6.45, 7) is 0. The number of thiocarbonyl (C=S) groups is 1. The topological polar surface area (TPSA) is 148 Å². The highest BCUT2D eigenvalue weighted by Gasteiger charge is 2.16. The largest absolute Gasteiger partial charge is 0.495 e. The van der Waals surface area contributed by atoms with Crippen LogP contribution < -0.4 is 20.1 Å². The summed E-state index contributed by atoms with van der Waals surface area (Å²) in [5.74, 6) is 0.325. The fraction of sp³-hybridized carbons (Fsp3) is 0.0556. The second-order valence-electron chi connectivity index (χ2n) is 5.92. The second-order valence-corrected chi connectivity index (χ2v) is 8.01. The molecule has 31 heavy (non-hydrogen) atoms. The predicted molar refractivity (Wildman–Crippen MR) is 119 cm³/mol. The van der Waals surface area contributed by atoms with Crippen molar-refractivity contribution in [3.63, 3.8) is 0 Å². The maximum absolute atomic E-state index is 12.4. The average Bonchev–Trinajstić information content (AvgIpc) is 2.74. The summed E-state index contributed by atoms with van der Waals surface area (Å²) in [6, 6.07) is 11.4. The molecule has 2 aromatic carbocycles. The van der Waals surface area contributed by atoms with E-state index in [9.17, 15) is 18.5 Å². The van der Waals surface area contributed by atoms with Gasteiger partial charge in [-0.15, -0.1) is 0 Å². The molecule has 11 nitrogen and oxygen atoms in total. The van der Waals surface area contributed by atoms with E-state index in [2.05, 4.69) is 25.3 Å². The van der Waals surface area contributed by atoms with Gasteiger partial charge in [0, 0.05) is 30.2 Å². The van der Waals surface area contributed by atoms with E-state index in [-0.39, 0.29) is 21.6 Å². The minimum Gasteiger partial charge on any atom is -0.495 e. The third kappa shape index (κ3) is 5.61. The van der Waals surface area contributed by atoms with Crippen LogP contribution in [0.5, 0.6) is 5.75 Å². The fourth-order valence-corrected chi connectivity index (χ4v) is 3.63. The molecule has 0 aliphatic carbocycles. The molecule has 0 aliphatic rings. The number of non-ortho nitro benzene ring substituents is 1. The summed E-state index contributed by atoms with van der Waals surface area (Å²) in [5.41, 5.74) is 0.674. The zero-order chi connectivity index (χ0) is 22.4. The lowest BCUT2D eigenvalue weighted by Gasteiger charge is -2.13. The molecular weight excluding hydrogens is 444 g/mol. The molecule has 160 valence electrons. The van der Waals surface area contributed by atoms with Crippen LogP contribution in [-0.2, 0) is 10.0 Å².